The molecule has 4 nitrogen and oxygen atoms in total. The standard InChI is InChI=1S/C20H17FO4S/c21-15-12-26-20(17(15)25-19(23)14-9-5-2-6-10-14)11-16(20)24-18(22)13-7-3-1-4-8-13/h1-10,15-17H,11-12H2/t15-,16?,17+,20-/m1/s1. The summed E-state index contributed by atoms with van der Waals surface area (Å²) in [7, 11) is 0. The van der Waals surface area contributed by atoms with E-state index in [1.54, 1.807) is 54.6 Å². The molecule has 1 saturated carbocycles. The second kappa shape index (κ2) is 6.76. The van der Waals surface area contributed by atoms with E-state index in [0.29, 0.717) is 17.5 Å². The molecule has 0 N–H and O–H groups in total. The fourth-order valence-corrected chi connectivity index (χ4v) is 4.74. The molecule has 0 aromatic heterocycles. The number of ether oxygens (including phenoxy) is 2. The molecule has 1 unspecified atom stereocenters. The van der Waals surface area contributed by atoms with Gasteiger partial charge in [0.1, 0.15) is 12.3 Å². The molecule has 4 atom stereocenters. The molecule has 6 heteroatoms. The minimum absolute atomic E-state index is 0.228. The van der Waals surface area contributed by atoms with E-state index in [1.165, 1.54) is 11.8 Å². The molecule has 26 heavy (non-hydrogen) atoms. The quantitative estimate of drug-likeness (QED) is 0.767. The Kier molecular flexibility index (Phi) is 4.44. The predicted octanol–water partition coefficient (Wildman–Crippen LogP) is 3.67. The minimum Gasteiger partial charge on any atom is -0.457 e. The fraction of sp³-hybridized carbons (Fsp3) is 0.300. The molecule has 1 aliphatic carbocycles. The highest BCUT2D eigenvalue weighted by Gasteiger charge is 2.69. The number of benzene rings is 2. The van der Waals surface area contributed by atoms with Gasteiger partial charge in [0.25, 0.3) is 0 Å². The maximum atomic E-state index is 14.4. The van der Waals surface area contributed by atoms with Gasteiger partial charge in [-0.1, -0.05) is 36.4 Å². The second-order valence-electron chi connectivity index (χ2n) is 6.44. The molecule has 4 rings (SSSR count). The van der Waals surface area contributed by atoms with Crippen molar-refractivity contribution in [1.82, 2.24) is 0 Å². The van der Waals surface area contributed by atoms with Crippen LogP contribution in [0.4, 0.5) is 4.39 Å². The van der Waals surface area contributed by atoms with E-state index >= 15 is 0 Å². The average molecular weight is 372 g/mol. The monoisotopic (exact) mass is 372 g/mol. The zero-order valence-corrected chi connectivity index (χ0v) is 14.7. The van der Waals surface area contributed by atoms with Gasteiger partial charge in [0.15, 0.2) is 6.10 Å². The molecule has 1 saturated heterocycles. The van der Waals surface area contributed by atoms with Crippen LogP contribution >= 0.6 is 11.8 Å². The van der Waals surface area contributed by atoms with Crippen molar-refractivity contribution in [1.29, 1.82) is 0 Å². The van der Waals surface area contributed by atoms with Gasteiger partial charge in [0.05, 0.1) is 15.9 Å². The summed E-state index contributed by atoms with van der Waals surface area (Å²) in [6, 6.07) is 17.2. The number of carbonyl (C=O) groups is 2. The Morgan fingerprint density at radius 1 is 0.923 bits per heavy atom. The van der Waals surface area contributed by atoms with E-state index in [2.05, 4.69) is 0 Å². The number of esters is 2. The summed E-state index contributed by atoms with van der Waals surface area (Å²) in [5.41, 5.74) is 0.831. The first-order valence-electron chi connectivity index (χ1n) is 8.40. The maximum absolute atomic E-state index is 14.4. The van der Waals surface area contributed by atoms with Crippen LogP contribution in [-0.4, -0.2) is 40.8 Å². The van der Waals surface area contributed by atoms with Gasteiger partial charge in [0, 0.05) is 12.2 Å². The van der Waals surface area contributed by atoms with Crippen LogP contribution < -0.4 is 0 Å². The van der Waals surface area contributed by atoms with Crippen LogP contribution in [0.1, 0.15) is 27.1 Å². The average Bonchev–Trinajstić information content (AvgIpc) is 3.29. The van der Waals surface area contributed by atoms with E-state index in [-0.39, 0.29) is 5.75 Å². The van der Waals surface area contributed by atoms with Gasteiger partial charge in [-0.05, 0) is 24.3 Å². The molecule has 134 valence electrons. The number of alkyl halides is 1. The Labute approximate surface area is 154 Å². The smallest absolute Gasteiger partial charge is 0.338 e. The third-order valence-electron chi connectivity index (χ3n) is 4.71. The highest BCUT2D eigenvalue weighted by molar-refractivity contribution is 8.01. The molecule has 1 aliphatic heterocycles. The molecule has 0 amide bonds. The van der Waals surface area contributed by atoms with E-state index in [4.69, 9.17) is 9.47 Å². The van der Waals surface area contributed by atoms with Crippen molar-refractivity contribution in [3.05, 3.63) is 71.8 Å². The van der Waals surface area contributed by atoms with Gasteiger partial charge < -0.3 is 9.47 Å². The molecular weight excluding hydrogens is 355 g/mol. The highest BCUT2D eigenvalue weighted by Crippen LogP contribution is 2.60. The molecule has 2 fully saturated rings. The SMILES string of the molecule is O=C(OC1C[C@@]12SC[C@@H](F)[C@@H]2OC(=O)c1ccccc1)c1ccccc1. The summed E-state index contributed by atoms with van der Waals surface area (Å²) in [6.45, 7) is 0. The zero-order chi connectivity index (χ0) is 18.1. The molecule has 1 spiro atoms. The lowest BCUT2D eigenvalue weighted by molar-refractivity contribution is 0.00373. The lowest BCUT2D eigenvalue weighted by atomic mass is 10.1. The molecule has 1 heterocycles. The predicted molar refractivity (Wildman–Crippen MR) is 96.0 cm³/mol. The first-order chi connectivity index (χ1) is 12.6. The van der Waals surface area contributed by atoms with Crippen LogP contribution in [0.2, 0.25) is 0 Å². The van der Waals surface area contributed by atoms with Crippen molar-refractivity contribution in [3.8, 4) is 0 Å². The topological polar surface area (TPSA) is 52.6 Å². The number of thioether (sulfide) groups is 1. The van der Waals surface area contributed by atoms with E-state index in [0.717, 1.165) is 0 Å². The Morgan fingerprint density at radius 3 is 2.04 bits per heavy atom. The van der Waals surface area contributed by atoms with Crippen LogP contribution in [0.25, 0.3) is 0 Å². The Morgan fingerprint density at radius 2 is 1.46 bits per heavy atom. The maximum Gasteiger partial charge on any atom is 0.338 e. The highest BCUT2D eigenvalue weighted by atomic mass is 32.2. The van der Waals surface area contributed by atoms with Crippen LogP contribution in [0, 0.1) is 0 Å². The van der Waals surface area contributed by atoms with Crippen molar-refractivity contribution in [2.75, 3.05) is 5.75 Å². The Balaban J connectivity index is 1.45. The first-order valence-corrected chi connectivity index (χ1v) is 9.39. The molecule has 0 radical (unpaired) electrons. The van der Waals surface area contributed by atoms with Gasteiger partial charge in [-0.3, -0.25) is 0 Å². The number of hydrogen-bond donors (Lipinski definition) is 0. The largest absolute Gasteiger partial charge is 0.457 e. The zero-order valence-electron chi connectivity index (χ0n) is 13.8. The van der Waals surface area contributed by atoms with Gasteiger partial charge in [-0.15, -0.1) is 11.8 Å². The van der Waals surface area contributed by atoms with Crippen molar-refractivity contribution in [2.45, 2.75) is 29.5 Å². The van der Waals surface area contributed by atoms with Crippen molar-refractivity contribution in [2.24, 2.45) is 0 Å². The van der Waals surface area contributed by atoms with Crippen molar-refractivity contribution >= 4 is 23.7 Å². The number of carbonyl (C=O) groups excluding carboxylic acids is 2. The van der Waals surface area contributed by atoms with Gasteiger partial charge in [-0.25, -0.2) is 14.0 Å². The fourth-order valence-electron chi connectivity index (χ4n) is 3.24. The summed E-state index contributed by atoms with van der Waals surface area (Å²) in [4.78, 5) is 24.5. The summed E-state index contributed by atoms with van der Waals surface area (Å²) in [5, 5.41) is 0. The van der Waals surface area contributed by atoms with E-state index in [9.17, 15) is 14.0 Å². The van der Waals surface area contributed by atoms with Crippen LogP contribution in [0.15, 0.2) is 60.7 Å². The normalized spacial score (nSPS) is 29.3. The lowest BCUT2D eigenvalue weighted by Gasteiger charge is -2.21. The molecule has 2 aromatic carbocycles. The second-order valence-corrected chi connectivity index (χ2v) is 7.82. The van der Waals surface area contributed by atoms with Crippen LogP contribution in [0.3, 0.4) is 0 Å². The van der Waals surface area contributed by atoms with Gasteiger partial charge in [0.2, 0.25) is 0 Å². The molecular formula is C20H17FO4S. The van der Waals surface area contributed by atoms with Gasteiger partial charge in [-0.2, -0.15) is 0 Å². The van der Waals surface area contributed by atoms with E-state index in [1.807, 2.05) is 6.07 Å². The Hall–Kier alpha value is -2.34. The van der Waals surface area contributed by atoms with E-state index < -0.39 is 35.1 Å². The first kappa shape index (κ1) is 17.1. The van der Waals surface area contributed by atoms with Crippen molar-refractivity contribution in [3.63, 3.8) is 0 Å². The lowest BCUT2D eigenvalue weighted by Crippen LogP contribution is -2.36. The molecule has 2 aliphatic rings. The minimum atomic E-state index is -1.27. The number of hydrogen-bond acceptors (Lipinski definition) is 5. The molecule has 2 aromatic rings. The summed E-state index contributed by atoms with van der Waals surface area (Å²) in [6.07, 6.45) is -2.14. The summed E-state index contributed by atoms with van der Waals surface area (Å²) < 4.78 is 24.7. The summed E-state index contributed by atoms with van der Waals surface area (Å²) >= 11 is 1.38. The van der Waals surface area contributed by atoms with Crippen molar-refractivity contribution < 1.29 is 23.5 Å². The molecule has 0 bridgehead atoms. The van der Waals surface area contributed by atoms with Crippen LogP contribution in [-0.2, 0) is 9.47 Å². The number of halogens is 1. The number of rotatable bonds is 4. The summed E-state index contributed by atoms with van der Waals surface area (Å²) in [5.74, 6) is -0.768. The van der Waals surface area contributed by atoms with Crippen LogP contribution in [0.5, 0.6) is 0 Å². The third kappa shape index (κ3) is 3.09. The Bertz CT molecular complexity index is 813. The van der Waals surface area contributed by atoms with Gasteiger partial charge >= 0.3 is 11.9 Å². The third-order valence-corrected chi connectivity index (χ3v) is 6.40.